The van der Waals surface area contributed by atoms with Crippen LogP contribution < -0.4 is 4.90 Å². The minimum atomic E-state index is -0.115. The molecule has 0 saturated carbocycles. The Morgan fingerprint density at radius 3 is 1.72 bits per heavy atom. The largest absolute Gasteiger partial charge is 0.456 e. The van der Waals surface area contributed by atoms with Crippen LogP contribution in [0.15, 0.2) is 197 Å². The van der Waals surface area contributed by atoms with Crippen molar-refractivity contribution in [3.63, 3.8) is 0 Å². The van der Waals surface area contributed by atoms with Gasteiger partial charge in [-0.25, -0.2) is 0 Å². The Morgan fingerprint density at radius 2 is 0.948 bits per heavy atom. The summed E-state index contributed by atoms with van der Waals surface area (Å²) in [6.45, 7) is 4.69. The van der Waals surface area contributed by atoms with Crippen LogP contribution in [0.5, 0.6) is 0 Å². The van der Waals surface area contributed by atoms with Gasteiger partial charge in [-0.15, -0.1) is 0 Å². The van der Waals surface area contributed by atoms with Crippen molar-refractivity contribution < 1.29 is 8.83 Å². The second-order valence-corrected chi connectivity index (χ2v) is 16.1. The second-order valence-electron chi connectivity index (χ2n) is 16.1. The summed E-state index contributed by atoms with van der Waals surface area (Å²) in [6, 6.07) is 67.6. The van der Waals surface area contributed by atoms with Gasteiger partial charge in [0, 0.05) is 49.4 Å². The lowest BCUT2D eigenvalue weighted by Gasteiger charge is -2.28. The standard InChI is InChI=1S/C55H37NO2/c1-55(2)47-17-9-6-14-40(47)41-29-28-39(32-48(41)55)56(37-24-20-35(21-25-37)34-12-4-3-5-13-34)38-26-22-36(23-27-38)46-33-51-52(45-16-8-11-19-50(45)57-51)53-43(46)30-31-44-42-15-7-10-18-49(42)58-54(44)53/h3-33H,1-2H3. The lowest BCUT2D eigenvalue weighted by Crippen LogP contribution is -2.16. The Morgan fingerprint density at radius 1 is 0.362 bits per heavy atom. The van der Waals surface area contributed by atoms with Crippen LogP contribution in [-0.4, -0.2) is 0 Å². The van der Waals surface area contributed by atoms with Crippen molar-refractivity contribution in [2.24, 2.45) is 0 Å². The van der Waals surface area contributed by atoms with Crippen LogP contribution in [0.25, 0.3) is 88.0 Å². The number of hydrogen-bond acceptors (Lipinski definition) is 3. The van der Waals surface area contributed by atoms with E-state index in [0.29, 0.717) is 0 Å². The fourth-order valence-electron chi connectivity index (χ4n) is 9.64. The number of para-hydroxylation sites is 2. The molecule has 1 aliphatic rings. The highest BCUT2D eigenvalue weighted by Gasteiger charge is 2.35. The Bertz CT molecular complexity index is 3400. The van der Waals surface area contributed by atoms with Gasteiger partial charge < -0.3 is 13.7 Å². The summed E-state index contributed by atoms with van der Waals surface area (Å²) in [5, 5.41) is 6.61. The van der Waals surface area contributed by atoms with Crippen molar-refractivity contribution in [2.75, 3.05) is 4.90 Å². The lowest BCUT2D eigenvalue weighted by molar-refractivity contribution is 0.660. The highest BCUT2D eigenvalue weighted by Crippen LogP contribution is 2.51. The first-order chi connectivity index (χ1) is 28.5. The number of anilines is 3. The third kappa shape index (κ3) is 4.80. The van der Waals surface area contributed by atoms with E-state index in [9.17, 15) is 0 Å². The van der Waals surface area contributed by atoms with E-state index in [1.165, 1.54) is 33.4 Å². The molecule has 1 aliphatic carbocycles. The quantitative estimate of drug-likeness (QED) is 0.176. The molecule has 0 amide bonds. The maximum absolute atomic E-state index is 6.69. The van der Waals surface area contributed by atoms with E-state index < -0.39 is 0 Å². The molecule has 2 heterocycles. The topological polar surface area (TPSA) is 29.5 Å². The number of furan rings is 2. The van der Waals surface area contributed by atoms with Gasteiger partial charge in [-0.1, -0.05) is 141 Å². The number of benzene rings is 9. The zero-order valence-electron chi connectivity index (χ0n) is 32.2. The summed E-state index contributed by atoms with van der Waals surface area (Å²) in [6.07, 6.45) is 0. The van der Waals surface area contributed by atoms with Crippen LogP contribution in [0.2, 0.25) is 0 Å². The van der Waals surface area contributed by atoms with E-state index >= 15 is 0 Å². The van der Waals surface area contributed by atoms with Crippen molar-refractivity contribution in [1.82, 2.24) is 0 Å². The summed E-state index contributed by atoms with van der Waals surface area (Å²) in [7, 11) is 0. The van der Waals surface area contributed by atoms with Gasteiger partial charge in [0.05, 0.1) is 0 Å². The number of nitrogens with zero attached hydrogens (tertiary/aromatic N) is 1. The molecule has 0 N–H and O–H groups in total. The van der Waals surface area contributed by atoms with Crippen LogP contribution in [0, 0.1) is 0 Å². The minimum Gasteiger partial charge on any atom is -0.456 e. The molecule has 0 atom stereocenters. The summed E-state index contributed by atoms with van der Waals surface area (Å²) in [5.74, 6) is 0. The van der Waals surface area contributed by atoms with Gasteiger partial charge in [-0.3, -0.25) is 0 Å². The summed E-state index contributed by atoms with van der Waals surface area (Å²) >= 11 is 0. The molecular weight excluding hydrogens is 707 g/mol. The molecule has 0 fully saturated rings. The maximum Gasteiger partial charge on any atom is 0.144 e. The smallest absolute Gasteiger partial charge is 0.144 e. The molecule has 58 heavy (non-hydrogen) atoms. The summed E-state index contributed by atoms with van der Waals surface area (Å²) < 4.78 is 13.3. The molecule has 0 radical (unpaired) electrons. The molecule has 0 aliphatic heterocycles. The molecule has 2 aromatic heterocycles. The van der Waals surface area contributed by atoms with Crippen molar-refractivity contribution in [2.45, 2.75) is 19.3 Å². The zero-order chi connectivity index (χ0) is 38.5. The van der Waals surface area contributed by atoms with Crippen LogP contribution in [0.1, 0.15) is 25.0 Å². The molecule has 12 rings (SSSR count). The van der Waals surface area contributed by atoms with Crippen LogP contribution in [0.4, 0.5) is 17.1 Å². The molecule has 3 heteroatoms. The first kappa shape index (κ1) is 32.8. The Balaban J connectivity index is 1.03. The van der Waals surface area contributed by atoms with Crippen molar-refractivity contribution in [3.05, 3.63) is 199 Å². The highest BCUT2D eigenvalue weighted by molar-refractivity contribution is 6.30. The monoisotopic (exact) mass is 743 g/mol. The second kappa shape index (κ2) is 12.3. The molecule has 3 nitrogen and oxygen atoms in total. The van der Waals surface area contributed by atoms with E-state index in [1.54, 1.807) is 0 Å². The lowest BCUT2D eigenvalue weighted by atomic mass is 9.82. The fourth-order valence-corrected chi connectivity index (χ4v) is 9.64. The first-order valence-corrected chi connectivity index (χ1v) is 20.0. The normalized spacial score (nSPS) is 13.1. The molecule has 0 bridgehead atoms. The van der Waals surface area contributed by atoms with Crippen LogP contribution in [-0.2, 0) is 5.41 Å². The SMILES string of the molecule is CC1(C)c2ccccc2-c2ccc(N(c3ccc(-c4ccccc4)cc3)c3ccc(-c4cc5oc6ccccc6c5c5c4ccc4c6ccccc6oc45)cc3)cc21. The van der Waals surface area contributed by atoms with Crippen molar-refractivity contribution in [1.29, 1.82) is 0 Å². The zero-order valence-corrected chi connectivity index (χ0v) is 32.2. The van der Waals surface area contributed by atoms with E-state index in [4.69, 9.17) is 8.83 Å². The Kier molecular flexibility index (Phi) is 6.98. The molecular formula is C55H37NO2. The average molecular weight is 744 g/mol. The van der Waals surface area contributed by atoms with Gasteiger partial charge in [0.15, 0.2) is 0 Å². The molecule has 274 valence electrons. The van der Waals surface area contributed by atoms with Gasteiger partial charge in [-0.2, -0.15) is 0 Å². The number of hydrogen-bond donors (Lipinski definition) is 0. The minimum absolute atomic E-state index is 0.115. The Hall–Kier alpha value is -7.36. The molecule has 0 unspecified atom stereocenters. The number of rotatable bonds is 5. The average Bonchev–Trinajstić information content (AvgIpc) is 3.92. The van der Waals surface area contributed by atoms with E-state index in [1.807, 2.05) is 18.2 Å². The van der Waals surface area contributed by atoms with Gasteiger partial charge in [-0.05, 0) is 111 Å². The van der Waals surface area contributed by atoms with Gasteiger partial charge in [0.25, 0.3) is 0 Å². The van der Waals surface area contributed by atoms with E-state index in [-0.39, 0.29) is 5.41 Å². The van der Waals surface area contributed by atoms with E-state index in [2.05, 4.69) is 189 Å². The van der Waals surface area contributed by atoms with Gasteiger partial charge >= 0.3 is 0 Å². The predicted octanol–water partition coefficient (Wildman–Crippen LogP) is 15.7. The Labute approximate surface area is 336 Å². The highest BCUT2D eigenvalue weighted by atomic mass is 16.3. The molecule has 0 spiro atoms. The number of fused-ring (bicyclic) bond motifs is 12. The molecule has 9 aromatic carbocycles. The van der Waals surface area contributed by atoms with Crippen molar-refractivity contribution in [3.8, 4) is 33.4 Å². The summed E-state index contributed by atoms with van der Waals surface area (Å²) in [4.78, 5) is 2.39. The predicted molar refractivity (Wildman–Crippen MR) is 242 cm³/mol. The van der Waals surface area contributed by atoms with Crippen molar-refractivity contribution >= 4 is 71.7 Å². The first-order valence-electron chi connectivity index (χ1n) is 20.0. The van der Waals surface area contributed by atoms with E-state index in [0.717, 1.165) is 82.8 Å². The summed E-state index contributed by atoms with van der Waals surface area (Å²) in [5.41, 5.74) is 16.6. The third-order valence-electron chi connectivity index (χ3n) is 12.5. The molecule has 0 saturated heterocycles. The fraction of sp³-hybridized carbons (Fsp3) is 0.0545. The maximum atomic E-state index is 6.69. The van der Waals surface area contributed by atoms with Crippen LogP contribution in [0.3, 0.4) is 0 Å². The van der Waals surface area contributed by atoms with Gasteiger partial charge in [0.2, 0.25) is 0 Å². The molecule has 11 aromatic rings. The van der Waals surface area contributed by atoms with Crippen LogP contribution >= 0.6 is 0 Å². The van der Waals surface area contributed by atoms with Gasteiger partial charge in [0.1, 0.15) is 22.3 Å². The third-order valence-corrected chi connectivity index (χ3v) is 12.5.